The monoisotopic (exact) mass is 248 g/mol. The highest BCUT2D eigenvalue weighted by atomic mass is 16.5. The van der Waals surface area contributed by atoms with Crippen molar-refractivity contribution in [3.63, 3.8) is 0 Å². The fraction of sp³-hybridized carbons (Fsp3) is 0.533. The first kappa shape index (κ1) is 13.1. The summed E-state index contributed by atoms with van der Waals surface area (Å²) >= 11 is 0. The highest BCUT2D eigenvalue weighted by Gasteiger charge is 2.18. The van der Waals surface area contributed by atoms with Gasteiger partial charge in [0.15, 0.2) is 5.78 Å². The van der Waals surface area contributed by atoms with E-state index in [0.29, 0.717) is 17.7 Å². The zero-order valence-corrected chi connectivity index (χ0v) is 11.1. The first-order chi connectivity index (χ1) is 8.70. The average molecular weight is 248 g/mol. The lowest BCUT2D eigenvalue weighted by Crippen LogP contribution is -2.09. The van der Waals surface area contributed by atoms with Gasteiger partial charge in [-0.25, -0.2) is 0 Å². The van der Waals surface area contributed by atoms with Gasteiger partial charge in [0, 0.05) is 13.0 Å². The molecule has 1 fully saturated rings. The van der Waals surface area contributed by atoms with E-state index in [0.717, 1.165) is 31.4 Å². The Morgan fingerprint density at radius 2 is 2.33 bits per heavy atom. The fourth-order valence-corrected chi connectivity index (χ4v) is 2.33. The summed E-state index contributed by atoms with van der Waals surface area (Å²) in [7, 11) is 1.60. The first-order valence-corrected chi connectivity index (χ1v) is 6.50. The predicted molar refractivity (Wildman–Crippen MR) is 70.3 cm³/mol. The summed E-state index contributed by atoms with van der Waals surface area (Å²) in [6.45, 7) is 2.83. The number of benzene rings is 1. The number of methoxy groups -OCH3 is 1. The molecule has 0 aromatic heterocycles. The summed E-state index contributed by atoms with van der Waals surface area (Å²) in [5.41, 5.74) is 1.78. The van der Waals surface area contributed by atoms with Crippen molar-refractivity contribution in [3.05, 3.63) is 29.3 Å². The van der Waals surface area contributed by atoms with E-state index in [2.05, 4.69) is 0 Å². The Labute approximate surface area is 108 Å². The Hall–Kier alpha value is -1.35. The van der Waals surface area contributed by atoms with Gasteiger partial charge in [0.05, 0.1) is 18.8 Å². The lowest BCUT2D eigenvalue weighted by Gasteiger charge is -2.11. The molecule has 1 saturated heterocycles. The average Bonchev–Trinajstić information content (AvgIpc) is 2.88. The molecule has 0 N–H and O–H groups in total. The third-order valence-corrected chi connectivity index (χ3v) is 3.37. The minimum absolute atomic E-state index is 0.141. The van der Waals surface area contributed by atoms with Crippen molar-refractivity contribution in [1.82, 2.24) is 0 Å². The molecule has 1 heterocycles. The number of Topliss-reactive ketones (excluding diaryl/α,β-unsaturated/α-hetero) is 1. The number of ether oxygens (including phenoxy) is 2. The molecular formula is C15H20O3. The summed E-state index contributed by atoms with van der Waals surface area (Å²) in [4.78, 5) is 12.2. The molecular weight excluding hydrogens is 228 g/mol. The van der Waals surface area contributed by atoms with Crippen molar-refractivity contribution in [2.75, 3.05) is 13.7 Å². The van der Waals surface area contributed by atoms with Crippen LogP contribution in [-0.2, 0) is 4.74 Å². The molecule has 1 aliphatic heterocycles. The molecule has 1 atom stereocenters. The number of ketones is 1. The highest BCUT2D eigenvalue weighted by molar-refractivity contribution is 5.98. The number of rotatable bonds is 5. The minimum atomic E-state index is 0.141. The quantitative estimate of drug-likeness (QED) is 0.751. The standard InChI is InChI=1S/C15H20O3/c1-11-5-7-13(15(10-11)17-2)14(16)8-6-12-4-3-9-18-12/h5,7,10,12H,3-4,6,8-9H2,1-2H3. The number of hydrogen-bond acceptors (Lipinski definition) is 3. The second kappa shape index (κ2) is 6.01. The molecule has 3 heteroatoms. The topological polar surface area (TPSA) is 35.5 Å². The van der Waals surface area contributed by atoms with Gasteiger partial charge in [-0.1, -0.05) is 6.07 Å². The van der Waals surface area contributed by atoms with E-state index in [4.69, 9.17) is 9.47 Å². The van der Waals surface area contributed by atoms with Crippen LogP contribution in [0.2, 0.25) is 0 Å². The number of aryl methyl sites for hydroxylation is 1. The van der Waals surface area contributed by atoms with Gasteiger partial charge in [0.25, 0.3) is 0 Å². The first-order valence-electron chi connectivity index (χ1n) is 6.50. The molecule has 98 valence electrons. The van der Waals surface area contributed by atoms with Gasteiger partial charge in [0.1, 0.15) is 5.75 Å². The van der Waals surface area contributed by atoms with Crippen LogP contribution in [0.3, 0.4) is 0 Å². The van der Waals surface area contributed by atoms with Crippen LogP contribution in [0.4, 0.5) is 0 Å². The van der Waals surface area contributed by atoms with E-state index in [1.54, 1.807) is 7.11 Å². The minimum Gasteiger partial charge on any atom is -0.496 e. The molecule has 2 rings (SSSR count). The van der Waals surface area contributed by atoms with Crippen molar-refractivity contribution in [2.24, 2.45) is 0 Å². The number of carbonyl (C=O) groups excluding carboxylic acids is 1. The third-order valence-electron chi connectivity index (χ3n) is 3.37. The Kier molecular flexibility index (Phi) is 4.37. The molecule has 1 aliphatic rings. The SMILES string of the molecule is COc1cc(C)ccc1C(=O)CCC1CCCO1. The van der Waals surface area contributed by atoms with E-state index in [1.165, 1.54) is 0 Å². The van der Waals surface area contributed by atoms with Crippen LogP contribution < -0.4 is 4.74 Å². The van der Waals surface area contributed by atoms with Gasteiger partial charge >= 0.3 is 0 Å². The van der Waals surface area contributed by atoms with Crippen molar-refractivity contribution in [1.29, 1.82) is 0 Å². The zero-order valence-electron chi connectivity index (χ0n) is 11.1. The van der Waals surface area contributed by atoms with Crippen molar-refractivity contribution < 1.29 is 14.3 Å². The lowest BCUT2D eigenvalue weighted by atomic mass is 10.0. The largest absolute Gasteiger partial charge is 0.496 e. The molecule has 3 nitrogen and oxygen atoms in total. The Bertz CT molecular complexity index is 420. The van der Waals surface area contributed by atoms with Crippen LogP contribution in [0.25, 0.3) is 0 Å². The fourth-order valence-electron chi connectivity index (χ4n) is 2.33. The van der Waals surface area contributed by atoms with Gasteiger partial charge in [0.2, 0.25) is 0 Å². The molecule has 0 spiro atoms. The van der Waals surface area contributed by atoms with Gasteiger partial charge in [-0.3, -0.25) is 4.79 Å². The molecule has 1 unspecified atom stereocenters. The molecule has 0 bridgehead atoms. The molecule has 18 heavy (non-hydrogen) atoms. The van der Waals surface area contributed by atoms with Gasteiger partial charge in [-0.15, -0.1) is 0 Å². The summed E-state index contributed by atoms with van der Waals surface area (Å²) in [6.07, 6.45) is 3.82. The Morgan fingerprint density at radius 3 is 3.00 bits per heavy atom. The van der Waals surface area contributed by atoms with E-state index >= 15 is 0 Å². The molecule has 0 saturated carbocycles. The van der Waals surface area contributed by atoms with Crippen LogP contribution in [0.5, 0.6) is 5.75 Å². The van der Waals surface area contributed by atoms with Crippen molar-refractivity contribution in [3.8, 4) is 5.75 Å². The summed E-state index contributed by atoms with van der Waals surface area (Å²) in [5, 5.41) is 0. The van der Waals surface area contributed by atoms with Crippen molar-refractivity contribution in [2.45, 2.75) is 38.7 Å². The Morgan fingerprint density at radius 1 is 1.50 bits per heavy atom. The van der Waals surface area contributed by atoms with Crippen LogP contribution in [-0.4, -0.2) is 25.6 Å². The molecule has 0 aliphatic carbocycles. The third kappa shape index (κ3) is 3.10. The Balaban J connectivity index is 1.99. The molecule has 0 amide bonds. The van der Waals surface area contributed by atoms with Crippen molar-refractivity contribution >= 4 is 5.78 Å². The second-order valence-corrected chi connectivity index (χ2v) is 4.80. The predicted octanol–water partition coefficient (Wildman–Crippen LogP) is 3.15. The number of carbonyl (C=O) groups is 1. The number of hydrogen-bond donors (Lipinski definition) is 0. The van der Waals surface area contributed by atoms with Crippen LogP contribution in [0.15, 0.2) is 18.2 Å². The second-order valence-electron chi connectivity index (χ2n) is 4.80. The molecule has 0 radical (unpaired) electrons. The van der Waals surface area contributed by atoms with Crippen LogP contribution in [0.1, 0.15) is 41.6 Å². The normalized spacial score (nSPS) is 18.9. The summed E-state index contributed by atoms with van der Waals surface area (Å²) < 4.78 is 10.8. The van der Waals surface area contributed by atoms with Gasteiger partial charge in [-0.2, -0.15) is 0 Å². The van der Waals surface area contributed by atoms with E-state index in [1.807, 2.05) is 25.1 Å². The van der Waals surface area contributed by atoms with Crippen LogP contribution >= 0.6 is 0 Å². The van der Waals surface area contributed by atoms with Gasteiger partial charge in [-0.05, 0) is 43.9 Å². The van der Waals surface area contributed by atoms with Crippen LogP contribution in [0, 0.1) is 6.92 Å². The summed E-state index contributed by atoms with van der Waals surface area (Å²) in [5.74, 6) is 0.815. The highest BCUT2D eigenvalue weighted by Crippen LogP contribution is 2.24. The maximum absolute atomic E-state index is 12.2. The molecule has 1 aromatic rings. The maximum Gasteiger partial charge on any atom is 0.166 e. The maximum atomic E-state index is 12.2. The zero-order chi connectivity index (χ0) is 13.0. The van der Waals surface area contributed by atoms with E-state index < -0.39 is 0 Å². The lowest BCUT2D eigenvalue weighted by molar-refractivity contribution is 0.0857. The van der Waals surface area contributed by atoms with E-state index in [9.17, 15) is 4.79 Å². The smallest absolute Gasteiger partial charge is 0.166 e. The van der Waals surface area contributed by atoms with Gasteiger partial charge < -0.3 is 9.47 Å². The van der Waals surface area contributed by atoms with E-state index in [-0.39, 0.29) is 11.9 Å². The summed E-state index contributed by atoms with van der Waals surface area (Å²) in [6, 6.07) is 5.70. The molecule has 1 aromatic carbocycles.